The zero-order chi connectivity index (χ0) is 15.2. The number of rotatable bonds is 6. The maximum absolute atomic E-state index is 11.7. The highest BCUT2D eigenvalue weighted by atomic mass is 16.4. The van der Waals surface area contributed by atoms with Crippen LogP contribution in [0.1, 0.15) is 18.4 Å². The summed E-state index contributed by atoms with van der Waals surface area (Å²) in [5.41, 5.74) is 1.65. The van der Waals surface area contributed by atoms with E-state index in [9.17, 15) is 14.4 Å². The molecule has 6 nitrogen and oxygen atoms in total. The quantitative estimate of drug-likeness (QED) is 0.836. The third-order valence-electron chi connectivity index (χ3n) is 3.00. The summed E-state index contributed by atoms with van der Waals surface area (Å²) in [7, 11) is 0. The molecule has 108 valence electrons. The maximum atomic E-state index is 11.7. The zero-order valence-electron chi connectivity index (χ0n) is 11.2. The number of hydrogen-bond acceptors (Lipinski definition) is 4. The average Bonchev–Trinajstić information content (AvgIpc) is 2.48. The molecule has 6 heteroatoms. The van der Waals surface area contributed by atoms with Gasteiger partial charge in [0, 0.05) is 37.0 Å². The van der Waals surface area contributed by atoms with E-state index < -0.39 is 5.97 Å². The number of hydrogen-bond donors (Lipinski definition) is 2. The van der Waals surface area contributed by atoms with Crippen LogP contribution in [0.2, 0.25) is 0 Å². The van der Waals surface area contributed by atoms with Gasteiger partial charge in [0.1, 0.15) is 5.78 Å². The standard InChI is InChI=1S/C15H14N2O4/c18-13(1-2-14(19)20)8-11-7-12(9-17-15(11)21)10-3-5-16-6-4-10/h3-7,9H,1-2,8H2,(H,17,21)(H,19,20). The fourth-order valence-corrected chi connectivity index (χ4v) is 1.92. The van der Waals surface area contributed by atoms with Gasteiger partial charge < -0.3 is 10.1 Å². The number of carboxylic acid groups (broad SMARTS) is 1. The second-order valence-electron chi connectivity index (χ2n) is 4.59. The third kappa shape index (κ3) is 4.10. The molecule has 0 aliphatic rings. The predicted molar refractivity (Wildman–Crippen MR) is 75.9 cm³/mol. The number of nitrogens with zero attached hydrogens (tertiary/aromatic N) is 1. The Bertz CT molecular complexity index is 707. The highest BCUT2D eigenvalue weighted by Crippen LogP contribution is 2.17. The minimum absolute atomic E-state index is 0.0679. The van der Waals surface area contributed by atoms with E-state index in [-0.39, 0.29) is 30.6 Å². The first-order valence-corrected chi connectivity index (χ1v) is 6.42. The number of aromatic nitrogens is 2. The number of carbonyl (C=O) groups is 2. The number of Topliss-reactive ketones (excluding diaryl/α,β-unsaturated/α-hetero) is 1. The third-order valence-corrected chi connectivity index (χ3v) is 3.00. The molecule has 0 spiro atoms. The fraction of sp³-hybridized carbons (Fsp3) is 0.200. The van der Waals surface area contributed by atoms with Crippen molar-refractivity contribution in [3.63, 3.8) is 0 Å². The van der Waals surface area contributed by atoms with Crippen LogP contribution in [0.4, 0.5) is 0 Å². The molecule has 0 aliphatic heterocycles. The van der Waals surface area contributed by atoms with Crippen molar-refractivity contribution in [1.29, 1.82) is 0 Å². The molecule has 0 amide bonds. The molecular formula is C15H14N2O4. The number of aliphatic carboxylic acids is 1. The zero-order valence-corrected chi connectivity index (χ0v) is 11.2. The summed E-state index contributed by atoms with van der Waals surface area (Å²) >= 11 is 0. The SMILES string of the molecule is O=C(O)CCC(=O)Cc1cc(-c2ccncc2)c[nH]c1=O. The van der Waals surface area contributed by atoms with Gasteiger partial charge in [0.2, 0.25) is 0 Å². The molecule has 2 aromatic rings. The van der Waals surface area contributed by atoms with E-state index in [1.54, 1.807) is 36.8 Å². The summed E-state index contributed by atoms with van der Waals surface area (Å²) in [6.07, 6.45) is 4.48. The molecule has 0 atom stereocenters. The summed E-state index contributed by atoms with van der Waals surface area (Å²) in [4.78, 5) is 40.4. The van der Waals surface area contributed by atoms with Gasteiger partial charge in [-0.05, 0) is 29.3 Å². The summed E-state index contributed by atoms with van der Waals surface area (Å²) in [5.74, 6) is -1.29. The lowest BCUT2D eigenvalue weighted by molar-refractivity contribution is -0.138. The van der Waals surface area contributed by atoms with Gasteiger partial charge in [0.25, 0.3) is 5.56 Å². The highest BCUT2D eigenvalue weighted by molar-refractivity contribution is 5.84. The van der Waals surface area contributed by atoms with E-state index in [2.05, 4.69) is 9.97 Å². The molecule has 2 N–H and O–H groups in total. The largest absolute Gasteiger partial charge is 0.481 e. The predicted octanol–water partition coefficient (Wildman–Crippen LogP) is 1.41. The van der Waals surface area contributed by atoms with Crippen molar-refractivity contribution in [1.82, 2.24) is 9.97 Å². The Labute approximate surface area is 120 Å². The van der Waals surface area contributed by atoms with Crippen LogP contribution in [-0.2, 0) is 16.0 Å². The molecule has 0 aliphatic carbocycles. The van der Waals surface area contributed by atoms with Gasteiger partial charge in [0.15, 0.2) is 0 Å². The van der Waals surface area contributed by atoms with Crippen LogP contribution in [0.3, 0.4) is 0 Å². The average molecular weight is 286 g/mol. The first-order chi connectivity index (χ1) is 10.1. The number of pyridine rings is 2. The molecule has 21 heavy (non-hydrogen) atoms. The van der Waals surface area contributed by atoms with Crippen LogP contribution in [-0.4, -0.2) is 26.8 Å². The van der Waals surface area contributed by atoms with Crippen molar-refractivity contribution < 1.29 is 14.7 Å². The van der Waals surface area contributed by atoms with E-state index in [0.29, 0.717) is 5.56 Å². The van der Waals surface area contributed by atoms with Gasteiger partial charge in [-0.1, -0.05) is 0 Å². The molecule has 0 bridgehead atoms. The first kappa shape index (κ1) is 14.6. The second-order valence-corrected chi connectivity index (χ2v) is 4.59. The van der Waals surface area contributed by atoms with E-state index in [1.807, 2.05) is 0 Å². The van der Waals surface area contributed by atoms with Gasteiger partial charge in [-0.25, -0.2) is 0 Å². The summed E-state index contributed by atoms with van der Waals surface area (Å²) in [6, 6.07) is 5.24. The van der Waals surface area contributed by atoms with Gasteiger partial charge >= 0.3 is 5.97 Å². The lowest BCUT2D eigenvalue weighted by Crippen LogP contribution is -2.16. The van der Waals surface area contributed by atoms with Crippen molar-refractivity contribution in [2.75, 3.05) is 0 Å². The van der Waals surface area contributed by atoms with Crippen LogP contribution >= 0.6 is 0 Å². The van der Waals surface area contributed by atoms with Gasteiger partial charge in [0.05, 0.1) is 6.42 Å². The number of ketones is 1. The lowest BCUT2D eigenvalue weighted by Gasteiger charge is -2.04. The van der Waals surface area contributed by atoms with E-state index >= 15 is 0 Å². The van der Waals surface area contributed by atoms with Crippen LogP contribution < -0.4 is 5.56 Å². The molecule has 0 aromatic carbocycles. The Balaban J connectivity index is 2.18. The Morgan fingerprint density at radius 1 is 1.14 bits per heavy atom. The Morgan fingerprint density at radius 2 is 1.86 bits per heavy atom. The Morgan fingerprint density at radius 3 is 2.52 bits per heavy atom. The second kappa shape index (κ2) is 6.60. The minimum Gasteiger partial charge on any atom is -0.481 e. The van der Waals surface area contributed by atoms with Gasteiger partial charge in [-0.15, -0.1) is 0 Å². The monoisotopic (exact) mass is 286 g/mol. The van der Waals surface area contributed by atoms with Gasteiger partial charge in [-0.2, -0.15) is 0 Å². The highest BCUT2D eigenvalue weighted by Gasteiger charge is 2.10. The number of carboxylic acids is 1. The summed E-state index contributed by atoms with van der Waals surface area (Å²) in [5, 5.41) is 8.55. The smallest absolute Gasteiger partial charge is 0.303 e. The lowest BCUT2D eigenvalue weighted by atomic mass is 10.0. The molecule has 0 fully saturated rings. The topological polar surface area (TPSA) is 100 Å². The van der Waals surface area contributed by atoms with E-state index in [1.165, 1.54) is 0 Å². The van der Waals surface area contributed by atoms with E-state index in [0.717, 1.165) is 11.1 Å². The van der Waals surface area contributed by atoms with Crippen molar-refractivity contribution in [3.05, 3.63) is 52.7 Å². The summed E-state index contributed by atoms with van der Waals surface area (Å²) < 4.78 is 0. The number of aromatic amines is 1. The number of nitrogens with one attached hydrogen (secondary N) is 1. The minimum atomic E-state index is -1.03. The number of carbonyl (C=O) groups excluding carboxylic acids is 1. The first-order valence-electron chi connectivity index (χ1n) is 6.42. The van der Waals surface area contributed by atoms with Gasteiger partial charge in [-0.3, -0.25) is 19.4 Å². The molecule has 2 aromatic heterocycles. The van der Waals surface area contributed by atoms with Crippen LogP contribution in [0.5, 0.6) is 0 Å². The number of H-pyrrole nitrogens is 1. The molecule has 0 saturated heterocycles. The van der Waals surface area contributed by atoms with Crippen LogP contribution in [0.25, 0.3) is 11.1 Å². The molecule has 0 radical (unpaired) electrons. The van der Waals surface area contributed by atoms with Crippen molar-refractivity contribution >= 4 is 11.8 Å². The van der Waals surface area contributed by atoms with Crippen LogP contribution in [0.15, 0.2) is 41.6 Å². The molecular weight excluding hydrogens is 272 g/mol. The van der Waals surface area contributed by atoms with Crippen molar-refractivity contribution in [2.24, 2.45) is 0 Å². The Hall–Kier alpha value is -2.76. The molecule has 0 unspecified atom stereocenters. The van der Waals surface area contributed by atoms with E-state index in [4.69, 9.17) is 5.11 Å². The van der Waals surface area contributed by atoms with Crippen molar-refractivity contribution in [2.45, 2.75) is 19.3 Å². The maximum Gasteiger partial charge on any atom is 0.303 e. The molecule has 0 saturated carbocycles. The molecule has 2 heterocycles. The van der Waals surface area contributed by atoms with Crippen molar-refractivity contribution in [3.8, 4) is 11.1 Å². The summed E-state index contributed by atoms with van der Waals surface area (Å²) in [6.45, 7) is 0. The molecule has 2 rings (SSSR count). The normalized spacial score (nSPS) is 10.3. The fourth-order valence-electron chi connectivity index (χ4n) is 1.92. The van der Waals surface area contributed by atoms with Crippen LogP contribution in [0, 0.1) is 0 Å². The Kier molecular flexibility index (Phi) is 4.61.